The first-order chi connectivity index (χ1) is 10.6. The Morgan fingerprint density at radius 3 is 2.73 bits per heavy atom. The van der Waals surface area contributed by atoms with Gasteiger partial charge in [-0.25, -0.2) is 4.98 Å². The number of piperidine rings is 2. The Bertz CT molecular complexity index is 555. The number of imidazole rings is 1. The molecule has 1 N–H and O–H groups in total. The van der Waals surface area contributed by atoms with Gasteiger partial charge >= 0.3 is 0 Å². The molecule has 1 aromatic rings. The lowest BCUT2D eigenvalue weighted by molar-refractivity contribution is -0.139. The number of likely N-dealkylation sites (tertiary alicyclic amines) is 2. The molecule has 0 radical (unpaired) electrons. The maximum atomic E-state index is 12.1. The highest BCUT2D eigenvalue weighted by molar-refractivity contribution is 5.77. The number of hydrogen-bond donors (Lipinski definition) is 1. The van der Waals surface area contributed by atoms with E-state index >= 15 is 0 Å². The van der Waals surface area contributed by atoms with Crippen molar-refractivity contribution >= 4 is 5.91 Å². The number of nitrogens with zero attached hydrogens (tertiary/aromatic N) is 3. The van der Waals surface area contributed by atoms with Crippen molar-refractivity contribution in [1.29, 1.82) is 0 Å². The van der Waals surface area contributed by atoms with Gasteiger partial charge in [-0.2, -0.15) is 0 Å². The van der Waals surface area contributed by atoms with Crippen LogP contribution in [0.4, 0.5) is 0 Å². The first kappa shape index (κ1) is 14.2. The summed E-state index contributed by atoms with van der Waals surface area (Å²) in [6.45, 7) is 6.26. The number of carbonyl (C=O) groups excluding carboxylic acids is 1. The van der Waals surface area contributed by atoms with Crippen molar-refractivity contribution in [2.24, 2.45) is 5.41 Å². The monoisotopic (exact) mass is 302 g/mol. The van der Waals surface area contributed by atoms with Crippen LogP contribution in [0, 0.1) is 12.3 Å². The van der Waals surface area contributed by atoms with Gasteiger partial charge in [0.05, 0.1) is 6.54 Å². The van der Waals surface area contributed by atoms with Crippen molar-refractivity contribution in [3.63, 3.8) is 0 Å². The van der Waals surface area contributed by atoms with E-state index in [2.05, 4.69) is 19.8 Å². The third kappa shape index (κ3) is 2.78. The molecule has 1 amide bonds. The molecule has 5 nitrogen and oxygen atoms in total. The standard InChI is InChI=1S/C17H26N4O/c1-13-10-18-15(19-13)11-20-8-6-17(7-9-20)5-4-16(22)21(12-17)14-2-3-14/h10,14H,2-9,11-12H2,1H3,(H,18,19). The van der Waals surface area contributed by atoms with Gasteiger partial charge in [-0.3, -0.25) is 9.69 Å². The van der Waals surface area contributed by atoms with E-state index in [0.717, 1.165) is 50.5 Å². The topological polar surface area (TPSA) is 52.2 Å². The highest BCUT2D eigenvalue weighted by atomic mass is 16.2. The zero-order chi connectivity index (χ0) is 15.2. The van der Waals surface area contributed by atoms with Gasteiger partial charge in [-0.05, 0) is 57.5 Å². The zero-order valence-electron chi connectivity index (χ0n) is 13.5. The predicted octanol–water partition coefficient (Wildman–Crippen LogP) is 2.09. The summed E-state index contributed by atoms with van der Waals surface area (Å²) in [6.07, 6.45) is 8.68. The molecule has 22 heavy (non-hydrogen) atoms. The van der Waals surface area contributed by atoms with Crippen molar-refractivity contribution in [1.82, 2.24) is 19.8 Å². The molecule has 1 spiro atoms. The van der Waals surface area contributed by atoms with Gasteiger partial charge in [0.2, 0.25) is 5.91 Å². The molecule has 3 fully saturated rings. The van der Waals surface area contributed by atoms with Crippen LogP contribution in [0.1, 0.15) is 50.0 Å². The summed E-state index contributed by atoms with van der Waals surface area (Å²) in [7, 11) is 0. The Kier molecular flexibility index (Phi) is 3.48. The molecular formula is C17H26N4O. The highest BCUT2D eigenvalue weighted by Crippen LogP contribution is 2.43. The minimum atomic E-state index is 0.395. The summed E-state index contributed by atoms with van der Waals surface area (Å²) in [6, 6.07) is 0.578. The van der Waals surface area contributed by atoms with Crippen molar-refractivity contribution in [2.45, 2.75) is 58.0 Å². The minimum Gasteiger partial charge on any atom is -0.345 e. The molecule has 0 unspecified atom stereocenters. The molecule has 1 aromatic heterocycles. The molecule has 4 rings (SSSR count). The lowest BCUT2D eigenvalue weighted by atomic mass is 9.72. The van der Waals surface area contributed by atoms with Crippen LogP contribution in [0.5, 0.6) is 0 Å². The molecule has 3 aliphatic rings. The second kappa shape index (κ2) is 5.37. The quantitative estimate of drug-likeness (QED) is 0.930. The van der Waals surface area contributed by atoms with E-state index in [1.807, 2.05) is 13.1 Å². The van der Waals surface area contributed by atoms with Crippen LogP contribution in [0.3, 0.4) is 0 Å². The van der Waals surface area contributed by atoms with E-state index in [1.165, 1.54) is 25.7 Å². The lowest BCUT2D eigenvalue weighted by Crippen LogP contribution is -2.52. The van der Waals surface area contributed by atoms with Gasteiger partial charge in [-0.1, -0.05) is 0 Å². The van der Waals surface area contributed by atoms with Gasteiger partial charge in [0, 0.05) is 30.9 Å². The van der Waals surface area contributed by atoms with E-state index in [4.69, 9.17) is 0 Å². The lowest BCUT2D eigenvalue weighted by Gasteiger charge is -2.47. The first-order valence-corrected chi connectivity index (χ1v) is 8.66. The Labute approximate surface area is 132 Å². The van der Waals surface area contributed by atoms with E-state index < -0.39 is 0 Å². The van der Waals surface area contributed by atoms with E-state index in [-0.39, 0.29) is 0 Å². The Hall–Kier alpha value is -1.36. The number of aromatic nitrogens is 2. The summed E-state index contributed by atoms with van der Waals surface area (Å²) in [5.74, 6) is 1.48. The molecule has 1 saturated carbocycles. The van der Waals surface area contributed by atoms with Crippen LogP contribution < -0.4 is 0 Å². The third-order valence-electron chi connectivity index (χ3n) is 5.73. The van der Waals surface area contributed by atoms with Gasteiger partial charge in [0.1, 0.15) is 5.82 Å². The maximum Gasteiger partial charge on any atom is 0.222 e. The predicted molar refractivity (Wildman–Crippen MR) is 84.2 cm³/mol. The molecule has 5 heteroatoms. The fourth-order valence-corrected chi connectivity index (χ4v) is 4.12. The molecule has 2 saturated heterocycles. The third-order valence-corrected chi connectivity index (χ3v) is 5.73. The number of H-pyrrole nitrogens is 1. The van der Waals surface area contributed by atoms with Crippen LogP contribution in [0.2, 0.25) is 0 Å². The zero-order valence-corrected chi connectivity index (χ0v) is 13.5. The average molecular weight is 302 g/mol. The SMILES string of the molecule is Cc1cnc(CN2CCC3(CCC(=O)N(C4CC4)C3)CC2)[nH]1. The highest BCUT2D eigenvalue weighted by Gasteiger charge is 2.45. The second-order valence-electron chi connectivity index (χ2n) is 7.54. The fraction of sp³-hybridized carbons (Fsp3) is 0.765. The maximum absolute atomic E-state index is 12.1. The minimum absolute atomic E-state index is 0.395. The Morgan fingerprint density at radius 2 is 2.09 bits per heavy atom. The largest absolute Gasteiger partial charge is 0.345 e. The molecule has 1 aliphatic carbocycles. The van der Waals surface area contributed by atoms with Crippen molar-refractivity contribution in [2.75, 3.05) is 19.6 Å². The Morgan fingerprint density at radius 1 is 1.32 bits per heavy atom. The number of aromatic amines is 1. The molecule has 0 atom stereocenters. The Balaban J connectivity index is 1.35. The number of nitrogens with one attached hydrogen (secondary N) is 1. The normalized spacial score (nSPS) is 25.9. The first-order valence-electron chi connectivity index (χ1n) is 8.66. The van der Waals surface area contributed by atoms with Gasteiger partial charge in [0.25, 0.3) is 0 Å². The average Bonchev–Trinajstić information content (AvgIpc) is 3.28. The number of carbonyl (C=O) groups is 1. The van der Waals surface area contributed by atoms with Crippen LogP contribution in [-0.2, 0) is 11.3 Å². The molecule has 120 valence electrons. The van der Waals surface area contributed by atoms with Crippen molar-refractivity contribution < 1.29 is 4.79 Å². The van der Waals surface area contributed by atoms with Gasteiger partial charge in [0.15, 0.2) is 0 Å². The fourth-order valence-electron chi connectivity index (χ4n) is 4.12. The summed E-state index contributed by atoms with van der Waals surface area (Å²) in [4.78, 5) is 24.6. The molecule has 2 aliphatic heterocycles. The van der Waals surface area contributed by atoms with E-state index in [9.17, 15) is 4.79 Å². The molecule has 0 aromatic carbocycles. The summed E-state index contributed by atoms with van der Waals surface area (Å²) >= 11 is 0. The van der Waals surface area contributed by atoms with Crippen LogP contribution in [0.25, 0.3) is 0 Å². The summed E-state index contributed by atoms with van der Waals surface area (Å²) < 4.78 is 0. The van der Waals surface area contributed by atoms with E-state index in [1.54, 1.807) is 0 Å². The van der Waals surface area contributed by atoms with E-state index in [0.29, 0.717) is 17.4 Å². The number of hydrogen-bond acceptors (Lipinski definition) is 3. The van der Waals surface area contributed by atoms with Crippen molar-refractivity contribution in [3.8, 4) is 0 Å². The number of aryl methyl sites for hydroxylation is 1. The smallest absolute Gasteiger partial charge is 0.222 e. The van der Waals surface area contributed by atoms with Crippen molar-refractivity contribution in [3.05, 3.63) is 17.7 Å². The second-order valence-corrected chi connectivity index (χ2v) is 7.54. The van der Waals surface area contributed by atoms with Gasteiger partial charge < -0.3 is 9.88 Å². The molecular weight excluding hydrogens is 276 g/mol. The van der Waals surface area contributed by atoms with Crippen LogP contribution >= 0.6 is 0 Å². The molecule has 3 heterocycles. The van der Waals surface area contributed by atoms with Crippen LogP contribution in [0.15, 0.2) is 6.20 Å². The number of rotatable bonds is 3. The van der Waals surface area contributed by atoms with Gasteiger partial charge in [-0.15, -0.1) is 0 Å². The summed E-state index contributed by atoms with van der Waals surface area (Å²) in [5.41, 5.74) is 1.53. The number of amides is 1. The van der Waals surface area contributed by atoms with Crippen LogP contribution in [-0.4, -0.2) is 51.4 Å². The molecule has 0 bridgehead atoms. The summed E-state index contributed by atoms with van der Waals surface area (Å²) in [5, 5.41) is 0.